The van der Waals surface area contributed by atoms with Gasteiger partial charge in [-0.1, -0.05) is 109 Å². The fraction of sp³-hybridized carbons (Fsp3) is 0. The molecule has 9 aromatic rings. The van der Waals surface area contributed by atoms with Crippen LogP contribution < -0.4 is 15.7 Å². The highest BCUT2D eigenvalue weighted by Gasteiger charge is 2.45. The lowest BCUT2D eigenvalue weighted by Gasteiger charge is -2.42. The first-order chi connectivity index (χ1) is 22.9. The van der Waals surface area contributed by atoms with E-state index in [1.54, 1.807) is 0 Å². The molecule has 46 heavy (non-hydrogen) atoms. The van der Waals surface area contributed by atoms with Crippen molar-refractivity contribution in [2.45, 2.75) is 0 Å². The van der Waals surface area contributed by atoms with Gasteiger partial charge in [0.05, 0.1) is 11.0 Å². The van der Waals surface area contributed by atoms with Gasteiger partial charge in [0.1, 0.15) is 0 Å². The molecular weight excluding hydrogens is 575 g/mol. The molecule has 0 aliphatic carbocycles. The average Bonchev–Trinajstić information content (AvgIpc) is 3.68. The summed E-state index contributed by atoms with van der Waals surface area (Å²) in [5.74, 6) is 0. The second-order valence-corrected chi connectivity index (χ2v) is 13.5. The van der Waals surface area contributed by atoms with E-state index >= 15 is 0 Å². The molecule has 11 rings (SSSR count). The molecule has 212 valence electrons. The second-order valence-electron chi connectivity index (χ2n) is 12.4. The zero-order valence-corrected chi connectivity index (χ0v) is 25.6. The standard InChI is InChI=1S/C42H25BN2S/c1-3-13-26(14-4-1)31-25-32-39-36(24-23-29-28-17-8-12-22-37(28)46-42(29)39)45(27-15-5-2-6-16-27)43-33-19-9-11-21-35(33)44-34-20-10-7-18-30(34)38(31)41(44)40(32)43/h1-25H. The van der Waals surface area contributed by atoms with Crippen molar-refractivity contribution in [3.63, 3.8) is 0 Å². The van der Waals surface area contributed by atoms with E-state index < -0.39 is 0 Å². The van der Waals surface area contributed by atoms with Crippen LogP contribution in [0.5, 0.6) is 0 Å². The Labute approximate surface area is 270 Å². The van der Waals surface area contributed by atoms with Crippen molar-refractivity contribution in [1.29, 1.82) is 0 Å². The molecule has 2 aromatic heterocycles. The van der Waals surface area contributed by atoms with Crippen molar-refractivity contribution in [3.8, 4) is 27.9 Å². The van der Waals surface area contributed by atoms with E-state index in [1.165, 1.54) is 92.2 Å². The molecule has 0 spiro atoms. The number of aromatic nitrogens is 1. The lowest BCUT2D eigenvalue weighted by Crippen LogP contribution is -2.60. The van der Waals surface area contributed by atoms with E-state index in [0.29, 0.717) is 0 Å². The molecule has 0 bridgehead atoms. The van der Waals surface area contributed by atoms with Gasteiger partial charge in [-0.25, -0.2) is 0 Å². The van der Waals surface area contributed by atoms with E-state index in [9.17, 15) is 0 Å². The van der Waals surface area contributed by atoms with Crippen LogP contribution in [0.2, 0.25) is 0 Å². The van der Waals surface area contributed by atoms with Crippen LogP contribution in [0.25, 0.3) is 69.9 Å². The normalized spacial score (nSPS) is 13.1. The lowest BCUT2D eigenvalue weighted by atomic mass is 9.44. The van der Waals surface area contributed by atoms with Gasteiger partial charge in [0.2, 0.25) is 0 Å². The van der Waals surface area contributed by atoms with Crippen molar-refractivity contribution >= 4 is 82.5 Å². The third kappa shape index (κ3) is 3.07. The number of anilines is 2. The molecule has 2 aliphatic heterocycles. The maximum atomic E-state index is 2.61. The quantitative estimate of drug-likeness (QED) is 0.179. The topological polar surface area (TPSA) is 8.17 Å². The molecule has 7 aromatic carbocycles. The Balaban J connectivity index is 1.42. The number of hydrogen-bond acceptors (Lipinski definition) is 2. The maximum Gasteiger partial charge on any atom is 0.333 e. The molecule has 0 radical (unpaired) electrons. The molecule has 0 N–H and O–H groups in total. The largest absolute Gasteiger partial charge is 0.376 e. The first kappa shape index (κ1) is 24.7. The van der Waals surface area contributed by atoms with Crippen molar-refractivity contribution in [3.05, 3.63) is 152 Å². The van der Waals surface area contributed by atoms with E-state index in [4.69, 9.17) is 0 Å². The zero-order valence-electron chi connectivity index (χ0n) is 24.8. The van der Waals surface area contributed by atoms with Gasteiger partial charge in [0.15, 0.2) is 0 Å². The monoisotopic (exact) mass is 600 g/mol. The Hall–Kier alpha value is -5.58. The molecule has 0 atom stereocenters. The van der Waals surface area contributed by atoms with Gasteiger partial charge in [-0.3, -0.25) is 0 Å². The minimum absolute atomic E-state index is 0.0251. The number of para-hydroxylation sites is 3. The van der Waals surface area contributed by atoms with Crippen molar-refractivity contribution in [2.24, 2.45) is 0 Å². The van der Waals surface area contributed by atoms with Crippen LogP contribution >= 0.6 is 11.3 Å². The Kier molecular flexibility index (Phi) is 4.83. The second kappa shape index (κ2) is 9.00. The van der Waals surface area contributed by atoms with Crippen molar-refractivity contribution in [1.82, 2.24) is 4.57 Å². The lowest BCUT2D eigenvalue weighted by molar-refractivity contribution is 1.18. The zero-order chi connectivity index (χ0) is 29.9. The van der Waals surface area contributed by atoms with Crippen LogP contribution in [0.15, 0.2) is 152 Å². The van der Waals surface area contributed by atoms with E-state index in [-0.39, 0.29) is 6.85 Å². The minimum Gasteiger partial charge on any atom is -0.376 e. The van der Waals surface area contributed by atoms with E-state index in [2.05, 4.69) is 161 Å². The van der Waals surface area contributed by atoms with Gasteiger partial charge < -0.3 is 9.38 Å². The third-order valence-electron chi connectivity index (χ3n) is 10.2. The minimum atomic E-state index is 0.0251. The number of benzene rings is 7. The average molecular weight is 601 g/mol. The van der Waals surface area contributed by atoms with Crippen LogP contribution in [0.4, 0.5) is 11.4 Å². The van der Waals surface area contributed by atoms with Crippen LogP contribution in [-0.2, 0) is 0 Å². The first-order valence-electron chi connectivity index (χ1n) is 15.9. The SMILES string of the molecule is c1ccc(-c2cc3c4c5c2c2ccccc2n5-c2ccccc2B4N(c2ccccc2)c2ccc4c(sc5ccccc54)c2-3)cc1. The number of hydrogen-bond donors (Lipinski definition) is 0. The third-order valence-corrected chi connectivity index (χ3v) is 11.4. The summed E-state index contributed by atoms with van der Waals surface area (Å²) < 4.78 is 5.24. The van der Waals surface area contributed by atoms with Crippen LogP contribution in [0.1, 0.15) is 0 Å². The number of thiophene rings is 1. The Morgan fingerprint density at radius 1 is 0.543 bits per heavy atom. The highest BCUT2D eigenvalue weighted by atomic mass is 32.1. The fourth-order valence-corrected chi connectivity index (χ4v) is 9.63. The van der Waals surface area contributed by atoms with Gasteiger partial charge >= 0.3 is 6.85 Å². The molecule has 0 unspecified atom stereocenters. The molecule has 4 heteroatoms. The van der Waals surface area contributed by atoms with Gasteiger partial charge in [-0.15, -0.1) is 11.3 Å². The molecule has 2 nitrogen and oxygen atoms in total. The van der Waals surface area contributed by atoms with Gasteiger partial charge in [-0.2, -0.15) is 0 Å². The summed E-state index contributed by atoms with van der Waals surface area (Å²) in [6.45, 7) is 0.0251. The summed E-state index contributed by atoms with van der Waals surface area (Å²) in [5.41, 5.74) is 14.3. The van der Waals surface area contributed by atoms with Crippen LogP contribution in [-0.4, -0.2) is 11.4 Å². The van der Waals surface area contributed by atoms with Crippen LogP contribution in [0.3, 0.4) is 0 Å². The van der Waals surface area contributed by atoms with Gasteiger partial charge in [0, 0.05) is 53.6 Å². The molecule has 0 saturated heterocycles. The predicted molar refractivity (Wildman–Crippen MR) is 198 cm³/mol. The summed E-state index contributed by atoms with van der Waals surface area (Å²) in [5, 5.41) is 5.29. The Bertz CT molecular complexity index is 2710. The van der Waals surface area contributed by atoms with Gasteiger partial charge in [-0.05, 0) is 70.1 Å². The van der Waals surface area contributed by atoms with E-state index in [0.717, 1.165) is 0 Å². The van der Waals surface area contributed by atoms with Crippen LogP contribution in [0, 0.1) is 0 Å². The summed E-state index contributed by atoms with van der Waals surface area (Å²) >= 11 is 1.92. The Morgan fingerprint density at radius 2 is 1.26 bits per heavy atom. The van der Waals surface area contributed by atoms with Gasteiger partial charge in [0.25, 0.3) is 0 Å². The summed E-state index contributed by atoms with van der Waals surface area (Å²) in [4.78, 5) is 2.61. The number of nitrogens with zero attached hydrogens (tertiary/aromatic N) is 2. The molecule has 0 saturated carbocycles. The first-order valence-corrected chi connectivity index (χ1v) is 16.7. The number of fused-ring (bicyclic) bond motifs is 12. The predicted octanol–water partition coefficient (Wildman–Crippen LogP) is 10.1. The molecule has 2 aliphatic rings. The summed E-state index contributed by atoms with van der Waals surface area (Å²) in [6, 6.07) is 56.1. The molecule has 0 fully saturated rings. The number of rotatable bonds is 2. The molecule has 4 heterocycles. The fourth-order valence-electron chi connectivity index (χ4n) is 8.37. The highest BCUT2D eigenvalue weighted by Crippen LogP contribution is 2.52. The smallest absolute Gasteiger partial charge is 0.333 e. The summed E-state index contributed by atoms with van der Waals surface area (Å²) in [6.07, 6.45) is 0. The maximum absolute atomic E-state index is 2.61. The Morgan fingerprint density at radius 3 is 2.13 bits per heavy atom. The molecule has 0 amide bonds. The molecular formula is C42H25BN2S. The van der Waals surface area contributed by atoms with E-state index in [1.807, 2.05) is 11.3 Å². The van der Waals surface area contributed by atoms with Crippen molar-refractivity contribution < 1.29 is 0 Å². The summed E-state index contributed by atoms with van der Waals surface area (Å²) in [7, 11) is 0. The van der Waals surface area contributed by atoms with Crippen molar-refractivity contribution in [2.75, 3.05) is 4.81 Å². The highest BCUT2D eigenvalue weighted by molar-refractivity contribution is 7.26.